The molecule has 1 atom stereocenters. The number of ether oxygens (including phenoxy) is 2. The summed E-state index contributed by atoms with van der Waals surface area (Å²) in [5, 5.41) is 3.24. The average molecular weight is 501 g/mol. The number of benzene rings is 2. The SMILES string of the molecule is CC(C)c1ccc(C(C(=O)NC2CCCCC2)N(C(=O)c2cnccn2)c2ccc3c(c2)OCO3)cc1. The molecule has 8 heteroatoms. The van der Waals surface area contributed by atoms with Crippen LogP contribution in [0, 0.1) is 0 Å². The van der Waals surface area contributed by atoms with Crippen molar-refractivity contribution in [1.29, 1.82) is 0 Å². The van der Waals surface area contributed by atoms with Crippen molar-refractivity contribution in [2.45, 2.75) is 64.0 Å². The maximum atomic E-state index is 14.0. The number of rotatable bonds is 7. The van der Waals surface area contributed by atoms with Gasteiger partial charge >= 0.3 is 0 Å². The topological polar surface area (TPSA) is 93.7 Å². The van der Waals surface area contributed by atoms with Gasteiger partial charge in [0.15, 0.2) is 11.5 Å². The Bertz CT molecular complexity index is 1240. The highest BCUT2D eigenvalue weighted by atomic mass is 16.7. The molecule has 1 N–H and O–H groups in total. The monoisotopic (exact) mass is 500 g/mol. The molecule has 0 spiro atoms. The summed E-state index contributed by atoms with van der Waals surface area (Å²) in [4.78, 5) is 37.8. The van der Waals surface area contributed by atoms with Crippen molar-refractivity contribution >= 4 is 17.5 Å². The normalized spacial score (nSPS) is 15.9. The van der Waals surface area contributed by atoms with Gasteiger partial charge in [0.2, 0.25) is 12.7 Å². The first-order valence-electron chi connectivity index (χ1n) is 12.9. The number of carbonyl (C=O) groups is 2. The molecule has 8 nitrogen and oxygen atoms in total. The number of aromatic nitrogens is 2. The van der Waals surface area contributed by atoms with E-state index in [-0.39, 0.29) is 24.4 Å². The summed E-state index contributed by atoms with van der Waals surface area (Å²) < 4.78 is 11.1. The van der Waals surface area contributed by atoms with Crippen molar-refractivity contribution in [2.75, 3.05) is 11.7 Å². The maximum absolute atomic E-state index is 14.0. The summed E-state index contributed by atoms with van der Waals surface area (Å²) in [7, 11) is 0. The maximum Gasteiger partial charge on any atom is 0.279 e. The third-order valence-electron chi connectivity index (χ3n) is 7.01. The fourth-order valence-corrected chi connectivity index (χ4v) is 4.96. The van der Waals surface area contributed by atoms with Gasteiger partial charge in [-0.05, 0) is 42.0 Å². The Labute approximate surface area is 217 Å². The molecule has 1 unspecified atom stereocenters. The van der Waals surface area contributed by atoms with Gasteiger partial charge in [0.05, 0.1) is 6.20 Å². The van der Waals surface area contributed by atoms with Crippen molar-refractivity contribution in [1.82, 2.24) is 15.3 Å². The second kappa shape index (κ2) is 11.0. The fraction of sp³-hybridized carbons (Fsp3) is 0.379. The second-order valence-corrected chi connectivity index (χ2v) is 9.87. The summed E-state index contributed by atoms with van der Waals surface area (Å²) in [6.45, 7) is 4.36. The van der Waals surface area contributed by atoms with E-state index in [9.17, 15) is 9.59 Å². The number of fused-ring (bicyclic) bond motifs is 1. The van der Waals surface area contributed by atoms with Crippen LogP contribution in [0.4, 0.5) is 5.69 Å². The van der Waals surface area contributed by atoms with Crippen LogP contribution in [-0.2, 0) is 4.79 Å². The highest BCUT2D eigenvalue weighted by Gasteiger charge is 2.36. The largest absolute Gasteiger partial charge is 0.454 e. The number of amides is 2. The molecular weight excluding hydrogens is 468 g/mol. The minimum Gasteiger partial charge on any atom is -0.454 e. The van der Waals surface area contributed by atoms with Gasteiger partial charge in [0, 0.05) is 30.2 Å². The van der Waals surface area contributed by atoms with Gasteiger partial charge in [-0.15, -0.1) is 0 Å². The summed E-state index contributed by atoms with van der Waals surface area (Å²) in [5.74, 6) is 0.814. The van der Waals surface area contributed by atoms with Crippen LogP contribution < -0.4 is 19.7 Å². The highest BCUT2D eigenvalue weighted by Crippen LogP contribution is 2.39. The Balaban J connectivity index is 1.60. The van der Waals surface area contributed by atoms with E-state index >= 15 is 0 Å². The molecule has 2 amide bonds. The number of nitrogens with one attached hydrogen (secondary N) is 1. The van der Waals surface area contributed by atoms with Gasteiger partial charge in [0.1, 0.15) is 11.7 Å². The number of anilines is 1. The van der Waals surface area contributed by atoms with Gasteiger partial charge < -0.3 is 14.8 Å². The fourth-order valence-electron chi connectivity index (χ4n) is 4.96. The standard InChI is InChI=1S/C29H32N4O4/c1-19(2)20-8-10-21(11-9-20)27(28(34)32-22-6-4-3-5-7-22)33(29(35)24-17-30-14-15-31-24)23-12-13-25-26(16-23)37-18-36-25/h8-17,19,22,27H,3-7,18H2,1-2H3,(H,32,34). The Morgan fingerprint density at radius 2 is 1.68 bits per heavy atom. The van der Waals surface area contributed by atoms with Crippen LogP contribution in [0.15, 0.2) is 61.1 Å². The van der Waals surface area contributed by atoms with Crippen LogP contribution in [-0.4, -0.2) is 34.6 Å². The molecule has 0 saturated heterocycles. The average Bonchev–Trinajstić information content (AvgIpc) is 3.40. The van der Waals surface area contributed by atoms with Crippen LogP contribution in [0.25, 0.3) is 0 Å². The lowest BCUT2D eigenvalue weighted by atomic mass is 9.94. The van der Waals surface area contributed by atoms with E-state index < -0.39 is 11.9 Å². The number of nitrogens with zero attached hydrogens (tertiary/aromatic N) is 3. The summed E-state index contributed by atoms with van der Waals surface area (Å²) in [5.41, 5.74) is 2.53. The van der Waals surface area contributed by atoms with E-state index in [1.807, 2.05) is 24.3 Å². The van der Waals surface area contributed by atoms with Gasteiger partial charge in [-0.2, -0.15) is 0 Å². The van der Waals surface area contributed by atoms with Crippen molar-refractivity contribution in [3.63, 3.8) is 0 Å². The molecule has 3 aromatic rings. The second-order valence-electron chi connectivity index (χ2n) is 9.87. The zero-order valence-electron chi connectivity index (χ0n) is 21.2. The third-order valence-corrected chi connectivity index (χ3v) is 7.01. The summed E-state index contributed by atoms with van der Waals surface area (Å²) >= 11 is 0. The first-order valence-corrected chi connectivity index (χ1v) is 12.9. The molecule has 1 aliphatic carbocycles. The van der Waals surface area contributed by atoms with Gasteiger partial charge in [0.25, 0.3) is 5.91 Å². The molecule has 37 heavy (non-hydrogen) atoms. The zero-order valence-corrected chi connectivity index (χ0v) is 21.2. The predicted octanol–water partition coefficient (Wildman–Crippen LogP) is 5.17. The summed E-state index contributed by atoms with van der Waals surface area (Å²) in [6, 6.07) is 12.3. The molecule has 1 fully saturated rings. The number of hydrogen-bond acceptors (Lipinski definition) is 6. The van der Waals surface area contributed by atoms with E-state index in [4.69, 9.17) is 9.47 Å². The Morgan fingerprint density at radius 3 is 2.38 bits per heavy atom. The molecule has 2 heterocycles. The van der Waals surface area contributed by atoms with Crippen LogP contribution in [0.2, 0.25) is 0 Å². The Hall–Kier alpha value is -3.94. The van der Waals surface area contributed by atoms with Gasteiger partial charge in [-0.25, -0.2) is 4.98 Å². The highest BCUT2D eigenvalue weighted by molar-refractivity contribution is 6.09. The lowest BCUT2D eigenvalue weighted by Crippen LogP contribution is -2.47. The van der Waals surface area contributed by atoms with E-state index in [2.05, 4.69) is 29.1 Å². The predicted molar refractivity (Wildman–Crippen MR) is 140 cm³/mol. The van der Waals surface area contributed by atoms with E-state index in [1.54, 1.807) is 18.2 Å². The zero-order chi connectivity index (χ0) is 25.8. The van der Waals surface area contributed by atoms with Crippen molar-refractivity contribution in [3.05, 3.63) is 77.9 Å². The molecule has 5 rings (SSSR count). The molecule has 2 aliphatic rings. The smallest absolute Gasteiger partial charge is 0.279 e. The molecule has 1 saturated carbocycles. The van der Waals surface area contributed by atoms with Gasteiger partial charge in [-0.1, -0.05) is 57.4 Å². The van der Waals surface area contributed by atoms with E-state index in [0.717, 1.165) is 31.2 Å². The Kier molecular flexibility index (Phi) is 7.35. The molecule has 1 aliphatic heterocycles. The van der Waals surface area contributed by atoms with Crippen molar-refractivity contribution in [3.8, 4) is 11.5 Å². The van der Waals surface area contributed by atoms with Crippen LogP contribution in [0.5, 0.6) is 11.5 Å². The molecule has 1 aromatic heterocycles. The molecular formula is C29H32N4O4. The Morgan fingerprint density at radius 1 is 0.946 bits per heavy atom. The van der Waals surface area contributed by atoms with E-state index in [0.29, 0.717) is 28.7 Å². The van der Waals surface area contributed by atoms with E-state index in [1.165, 1.54) is 29.9 Å². The molecule has 2 aromatic carbocycles. The lowest BCUT2D eigenvalue weighted by Gasteiger charge is -2.33. The molecule has 0 radical (unpaired) electrons. The van der Waals surface area contributed by atoms with Crippen molar-refractivity contribution < 1.29 is 19.1 Å². The van der Waals surface area contributed by atoms with Crippen LogP contribution in [0.3, 0.4) is 0 Å². The number of hydrogen-bond donors (Lipinski definition) is 1. The van der Waals surface area contributed by atoms with Crippen molar-refractivity contribution in [2.24, 2.45) is 0 Å². The number of carbonyl (C=O) groups excluding carboxylic acids is 2. The minimum absolute atomic E-state index is 0.0870. The van der Waals surface area contributed by atoms with Gasteiger partial charge in [-0.3, -0.25) is 19.5 Å². The van der Waals surface area contributed by atoms with Crippen LogP contribution >= 0.6 is 0 Å². The lowest BCUT2D eigenvalue weighted by molar-refractivity contribution is -0.123. The minimum atomic E-state index is -0.919. The first-order chi connectivity index (χ1) is 18.0. The molecule has 192 valence electrons. The summed E-state index contributed by atoms with van der Waals surface area (Å²) in [6.07, 6.45) is 9.63. The van der Waals surface area contributed by atoms with Crippen LogP contribution in [0.1, 0.15) is 79.5 Å². The first kappa shape index (κ1) is 24.7. The third kappa shape index (κ3) is 5.43. The quantitative estimate of drug-likeness (QED) is 0.481. The molecule has 0 bridgehead atoms.